The summed E-state index contributed by atoms with van der Waals surface area (Å²) in [6.07, 6.45) is 5.59. The predicted octanol–water partition coefficient (Wildman–Crippen LogP) is 3.30. The van der Waals surface area contributed by atoms with Gasteiger partial charge in [0.05, 0.1) is 19.8 Å². The molecule has 7 nitrogen and oxygen atoms in total. The molecule has 162 valence electrons. The van der Waals surface area contributed by atoms with Gasteiger partial charge in [0.1, 0.15) is 17.7 Å². The molecule has 0 aliphatic heterocycles. The number of nitrogens with one attached hydrogen (secondary N) is 1. The van der Waals surface area contributed by atoms with Crippen LogP contribution in [0.2, 0.25) is 0 Å². The number of methoxy groups -OCH3 is 2. The van der Waals surface area contributed by atoms with Crippen LogP contribution in [0, 0.1) is 0 Å². The van der Waals surface area contributed by atoms with E-state index in [1.165, 1.54) is 27.1 Å². The highest BCUT2D eigenvalue weighted by Gasteiger charge is 2.21. The van der Waals surface area contributed by atoms with E-state index in [-0.39, 0.29) is 19.1 Å². The van der Waals surface area contributed by atoms with Crippen LogP contribution in [0.1, 0.15) is 36.0 Å². The van der Waals surface area contributed by atoms with Crippen molar-refractivity contribution in [3.8, 4) is 17.2 Å². The largest absolute Gasteiger partial charge is 0.493 e. The zero-order chi connectivity index (χ0) is 21.3. The van der Waals surface area contributed by atoms with Crippen molar-refractivity contribution in [2.24, 2.45) is 0 Å². The van der Waals surface area contributed by atoms with Crippen LogP contribution in [0.3, 0.4) is 0 Å². The minimum atomic E-state index is -0.897. The topological polar surface area (TPSA) is 89.9 Å². The fraction of sp³-hybridized carbons (Fsp3) is 0.455. The van der Waals surface area contributed by atoms with Gasteiger partial charge >= 0.3 is 0 Å². The van der Waals surface area contributed by atoms with E-state index >= 15 is 0 Å². The van der Waals surface area contributed by atoms with Crippen LogP contribution in [-0.2, 0) is 0 Å². The number of ether oxygens (including phenoxy) is 3. The average molecular weight is 433 g/mol. The lowest BCUT2D eigenvalue weighted by Crippen LogP contribution is -2.35. The third-order valence-electron chi connectivity index (χ3n) is 4.90. The molecular formula is C22H28N2O5S. The van der Waals surface area contributed by atoms with Gasteiger partial charge in [0.15, 0.2) is 11.5 Å². The third kappa shape index (κ3) is 5.79. The number of nitrogens with zero attached hydrogens (tertiary/aromatic N) is 1. The van der Waals surface area contributed by atoms with Gasteiger partial charge in [0, 0.05) is 18.0 Å². The van der Waals surface area contributed by atoms with E-state index in [4.69, 9.17) is 14.2 Å². The Labute approximate surface area is 181 Å². The second kappa shape index (κ2) is 11.1. The summed E-state index contributed by atoms with van der Waals surface area (Å²) in [5, 5.41) is 14.3. The van der Waals surface area contributed by atoms with E-state index < -0.39 is 6.10 Å². The van der Waals surface area contributed by atoms with Gasteiger partial charge in [0.2, 0.25) is 5.75 Å². The first-order valence-electron chi connectivity index (χ1n) is 10.0. The lowest BCUT2D eigenvalue weighted by molar-refractivity contribution is 0.0831. The monoisotopic (exact) mass is 432 g/mol. The molecular weight excluding hydrogens is 404 g/mol. The van der Waals surface area contributed by atoms with Crippen molar-refractivity contribution in [1.82, 2.24) is 10.3 Å². The number of para-hydroxylation sites is 1. The summed E-state index contributed by atoms with van der Waals surface area (Å²) in [5.41, 5.74) is 0.536. The summed E-state index contributed by atoms with van der Waals surface area (Å²) in [6.45, 7) is 0.0342. The Kier molecular flexibility index (Phi) is 8.21. The number of benzene rings is 1. The first-order valence-corrected chi connectivity index (χ1v) is 10.9. The van der Waals surface area contributed by atoms with Crippen LogP contribution in [0.15, 0.2) is 41.6 Å². The van der Waals surface area contributed by atoms with Crippen LogP contribution >= 0.6 is 11.8 Å². The second-order valence-corrected chi connectivity index (χ2v) is 8.34. The molecule has 1 saturated carbocycles. The highest BCUT2D eigenvalue weighted by Crippen LogP contribution is 2.37. The van der Waals surface area contributed by atoms with Crippen molar-refractivity contribution in [1.29, 1.82) is 0 Å². The Morgan fingerprint density at radius 2 is 1.90 bits per heavy atom. The number of rotatable bonds is 10. The zero-order valence-electron chi connectivity index (χ0n) is 17.3. The summed E-state index contributed by atoms with van der Waals surface area (Å²) < 4.78 is 16.3. The van der Waals surface area contributed by atoms with Crippen molar-refractivity contribution >= 4 is 17.7 Å². The number of aliphatic hydroxyl groups is 1. The molecule has 0 bridgehead atoms. The molecule has 1 aromatic heterocycles. The molecule has 1 fully saturated rings. The van der Waals surface area contributed by atoms with E-state index in [9.17, 15) is 9.90 Å². The lowest BCUT2D eigenvalue weighted by atomic mass is 10.2. The van der Waals surface area contributed by atoms with Crippen molar-refractivity contribution < 1.29 is 24.1 Å². The maximum atomic E-state index is 12.7. The number of hydrogen-bond donors (Lipinski definition) is 2. The van der Waals surface area contributed by atoms with E-state index in [1.54, 1.807) is 48.3 Å². The standard InChI is InChI=1S/C22H28N2O5S/c1-27-18-10-5-11-19(28-2)20(18)29-14-15(25)13-24-21(26)17-9-6-12-23-22(17)30-16-7-3-4-8-16/h5-6,9-12,15-16,25H,3-4,7-8,13-14H2,1-2H3,(H,24,26). The van der Waals surface area contributed by atoms with Gasteiger partial charge in [-0.1, -0.05) is 18.9 Å². The molecule has 0 saturated heterocycles. The lowest BCUT2D eigenvalue weighted by Gasteiger charge is -2.17. The SMILES string of the molecule is COc1cccc(OC)c1OCC(O)CNC(=O)c1cccnc1SC1CCCC1. The summed E-state index contributed by atoms with van der Waals surface area (Å²) in [4.78, 5) is 17.1. The Hall–Kier alpha value is -2.45. The second-order valence-electron chi connectivity index (χ2n) is 7.05. The van der Waals surface area contributed by atoms with Crippen LogP contribution < -0.4 is 19.5 Å². The number of hydrogen-bond acceptors (Lipinski definition) is 7. The molecule has 8 heteroatoms. The summed E-state index contributed by atoms with van der Waals surface area (Å²) in [5.74, 6) is 1.18. The van der Waals surface area contributed by atoms with Crippen LogP contribution in [0.4, 0.5) is 0 Å². The number of carbonyl (C=O) groups is 1. The molecule has 1 atom stereocenters. The maximum absolute atomic E-state index is 12.7. The first kappa shape index (κ1) is 22.2. The number of carbonyl (C=O) groups excluding carboxylic acids is 1. The van der Waals surface area contributed by atoms with Crippen LogP contribution in [0.5, 0.6) is 17.2 Å². The molecule has 0 spiro atoms. The zero-order valence-corrected chi connectivity index (χ0v) is 18.1. The number of aromatic nitrogens is 1. The highest BCUT2D eigenvalue weighted by atomic mass is 32.2. The number of pyridine rings is 1. The fourth-order valence-electron chi connectivity index (χ4n) is 3.33. The molecule has 2 N–H and O–H groups in total. The Balaban J connectivity index is 1.54. The van der Waals surface area contributed by atoms with Gasteiger partial charge in [-0.3, -0.25) is 4.79 Å². The molecule has 3 rings (SSSR count). The molecule has 1 aromatic carbocycles. The molecule has 1 aliphatic rings. The van der Waals surface area contributed by atoms with Crippen molar-refractivity contribution in [3.63, 3.8) is 0 Å². The summed E-state index contributed by atoms with van der Waals surface area (Å²) in [7, 11) is 3.07. The van der Waals surface area contributed by atoms with Crippen molar-refractivity contribution in [2.45, 2.75) is 42.1 Å². The van der Waals surface area contributed by atoms with Gasteiger partial charge in [-0.2, -0.15) is 0 Å². The molecule has 30 heavy (non-hydrogen) atoms. The van der Waals surface area contributed by atoms with Crippen molar-refractivity contribution in [2.75, 3.05) is 27.4 Å². The number of thioether (sulfide) groups is 1. The Morgan fingerprint density at radius 1 is 1.20 bits per heavy atom. The average Bonchev–Trinajstić information content (AvgIpc) is 3.29. The van der Waals surface area contributed by atoms with E-state index in [1.807, 2.05) is 0 Å². The molecule has 1 aliphatic carbocycles. The molecule has 2 aromatic rings. The number of amides is 1. The van der Waals surface area contributed by atoms with E-state index in [0.29, 0.717) is 28.1 Å². The minimum absolute atomic E-state index is 0.0201. The van der Waals surface area contributed by atoms with E-state index in [2.05, 4.69) is 10.3 Å². The number of aliphatic hydroxyl groups excluding tert-OH is 1. The third-order valence-corrected chi connectivity index (χ3v) is 6.25. The highest BCUT2D eigenvalue weighted by molar-refractivity contribution is 7.99. The predicted molar refractivity (Wildman–Crippen MR) is 116 cm³/mol. The molecule has 1 amide bonds. The molecule has 1 unspecified atom stereocenters. The normalized spacial score (nSPS) is 14.9. The van der Waals surface area contributed by atoms with Gasteiger partial charge in [-0.15, -0.1) is 11.8 Å². The first-order chi connectivity index (χ1) is 14.6. The fourth-order valence-corrected chi connectivity index (χ4v) is 4.62. The van der Waals surface area contributed by atoms with Gasteiger partial charge in [0.25, 0.3) is 5.91 Å². The maximum Gasteiger partial charge on any atom is 0.254 e. The molecule has 0 radical (unpaired) electrons. The van der Waals surface area contributed by atoms with Gasteiger partial charge < -0.3 is 24.6 Å². The smallest absolute Gasteiger partial charge is 0.254 e. The molecule has 1 heterocycles. The van der Waals surface area contributed by atoms with Crippen LogP contribution in [0.25, 0.3) is 0 Å². The summed E-state index contributed by atoms with van der Waals surface area (Å²) >= 11 is 1.67. The van der Waals surface area contributed by atoms with Gasteiger partial charge in [-0.05, 0) is 37.1 Å². The van der Waals surface area contributed by atoms with Gasteiger partial charge in [-0.25, -0.2) is 4.98 Å². The van der Waals surface area contributed by atoms with Crippen molar-refractivity contribution in [3.05, 3.63) is 42.1 Å². The Morgan fingerprint density at radius 3 is 2.57 bits per heavy atom. The summed E-state index contributed by atoms with van der Waals surface area (Å²) in [6, 6.07) is 8.80. The Bertz CT molecular complexity index is 820. The quantitative estimate of drug-likeness (QED) is 0.595. The minimum Gasteiger partial charge on any atom is -0.493 e. The van der Waals surface area contributed by atoms with E-state index in [0.717, 1.165) is 17.9 Å². The van der Waals surface area contributed by atoms with Crippen LogP contribution in [-0.4, -0.2) is 54.7 Å².